The molecule has 0 atom stereocenters. The first-order valence-corrected chi connectivity index (χ1v) is 22.0. The molecule has 0 saturated carbocycles. The van der Waals surface area contributed by atoms with Crippen LogP contribution in [0.25, 0.3) is 21.5 Å². The number of aromatic hydroxyl groups is 1. The van der Waals surface area contributed by atoms with Crippen LogP contribution in [0.2, 0.25) is 5.28 Å². The summed E-state index contributed by atoms with van der Waals surface area (Å²) in [6.07, 6.45) is 0.396. The highest BCUT2D eigenvalue weighted by molar-refractivity contribution is 7.91. The summed E-state index contributed by atoms with van der Waals surface area (Å²) in [5.74, 6) is -1.24. The van der Waals surface area contributed by atoms with E-state index in [-0.39, 0.29) is 66.4 Å². The molecular weight excluding hydrogens is 838 g/mol. The number of nitrogens with zero attached hydrogens (tertiary/aromatic N) is 5. The van der Waals surface area contributed by atoms with Crippen molar-refractivity contribution in [2.75, 3.05) is 16.4 Å². The summed E-state index contributed by atoms with van der Waals surface area (Å²) in [4.78, 5) is 10.1. The molecule has 0 unspecified atom stereocenters. The maximum absolute atomic E-state index is 12.6. The van der Waals surface area contributed by atoms with Crippen LogP contribution in [0.1, 0.15) is 13.3 Å². The van der Waals surface area contributed by atoms with Gasteiger partial charge in [-0.1, -0.05) is 37.3 Å². The standard InChI is InChI=1S/C32H26ClN7O12S4/c1-2-13-53(42,43)19-6-3-5-18(15-19)34-31-36-30(33)37-32(38-31)35-25-16-20(54(44,45)46)14-17-9-11-23(28(41)27(17)25)39-40-24-12-10-21-22(29(24)56(50,51)52)7-4-8-26(21)55(47,48)49/h3-12,14-16,41H,2,13H2,1H3,(H,44,45,46)(H,47,48,49)(H,50,51,52)(H2,34,35,36,37,38). The van der Waals surface area contributed by atoms with E-state index >= 15 is 0 Å². The first-order chi connectivity index (χ1) is 26.2. The van der Waals surface area contributed by atoms with Gasteiger partial charge in [0, 0.05) is 21.8 Å². The van der Waals surface area contributed by atoms with E-state index in [1.165, 1.54) is 30.3 Å². The predicted molar refractivity (Wildman–Crippen MR) is 203 cm³/mol. The number of sulfone groups is 1. The third-order valence-electron chi connectivity index (χ3n) is 7.87. The normalized spacial score (nSPS) is 12.7. The second-order valence-electron chi connectivity index (χ2n) is 11.7. The Labute approximate surface area is 323 Å². The van der Waals surface area contributed by atoms with E-state index in [2.05, 4.69) is 35.8 Å². The lowest BCUT2D eigenvalue weighted by Gasteiger charge is -2.14. The summed E-state index contributed by atoms with van der Waals surface area (Å²) in [5, 5.41) is 23.7. The van der Waals surface area contributed by atoms with Crippen LogP contribution in [0.4, 0.5) is 34.6 Å². The number of aromatic nitrogens is 3. The highest BCUT2D eigenvalue weighted by Crippen LogP contribution is 2.43. The van der Waals surface area contributed by atoms with Gasteiger partial charge in [0.05, 0.1) is 21.2 Å². The number of azo groups is 1. The lowest BCUT2D eigenvalue weighted by molar-refractivity contribution is 0.480. The Bertz CT molecular complexity index is 3080. The second-order valence-corrected chi connectivity index (χ2v) is 18.4. The fourth-order valence-electron chi connectivity index (χ4n) is 5.57. The Morgan fingerprint density at radius 3 is 2.00 bits per heavy atom. The molecule has 24 heteroatoms. The molecule has 0 aliphatic heterocycles. The van der Waals surface area contributed by atoms with Gasteiger partial charge in [-0.2, -0.15) is 40.2 Å². The van der Waals surface area contributed by atoms with E-state index in [0.717, 1.165) is 42.5 Å². The molecule has 0 radical (unpaired) electrons. The van der Waals surface area contributed by atoms with E-state index in [9.17, 15) is 52.4 Å². The van der Waals surface area contributed by atoms with Gasteiger partial charge < -0.3 is 15.7 Å². The van der Waals surface area contributed by atoms with Crippen molar-refractivity contribution in [2.45, 2.75) is 32.9 Å². The Morgan fingerprint density at radius 1 is 0.679 bits per heavy atom. The van der Waals surface area contributed by atoms with Crippen LogP contribution >= 0.6 is 11.6 Å². The summed E-state index contributed by atoms with van der Waals surface area (Å²) in [6.45, 7) is 1.73. The molecule has 0 fully saturated rings. The van der Waals surface area contributed by atoms with E-state index in [0.29, 0.717) is 6.42 Å². The molecular formula is C32H26ClN7O12S4. The first kappa shape index (κ1) is 40.3. The summed E-state index contributed by atoms with van der Waals surface area (Å²) in [6, 6.07) is 15.7. The molecule has 19 nitrogen and oxygen atoms in total. The fourth-order valence-corrected chi connectivity index (χ4v) is 9.18. The number of anilines is 4. The van der Waals surface area contributed by atoms with Gasteiger partial charge in [-0.05, 0) is 71.9 Å². The number of hydrogen-bond acceptors (Lipinski definition) is 16. The Balaban J connectivity index is 1.44. The van der Waals surface area contributed by atoms with Crippen molar-refractivity contribution in [1.29, 1.82) is 0 Å². The van der Waals surface area contributed by atoms with Gasteiger partial charge in [0.1, 0.15) is 21.2 Å². The van der Waals surface area contributed by atoms with Crippen molar-refractivity contribution in [3.8, 4) is 5.75 Å². The molecule has 56 heavy (non-hydrogen) atoms. The molecule has 0 spiro atoms. The number of rotatable bonds is 12. The maximum Gasteiger partial charge on any atom is 0.297 e. The minimum absolute atomic E-state index is 0.0183. The van der Waals surface area contributed by atoms with Crippen molar-refractivity contribution in [3.63, 3.8) is 0 Å². The largest absolute Gasteiger partial charge is 0.505 e. The zero-order valence-electron chi connectivity index (χ0n) is 28.2. The van der Waals surface area contributed by atoms with Crippen molar-refractivity contribution in [3.05, 3.63) is 84.1 Å². The van der Waals surface area contributed by atoms with Crippen molar-refractivity contribution >= 4 is 108 Å². The SMILES string of the molecule is CCCS(=O)(=O)c1cccc(Nc2nc(Cl)nc(Nc3cc(S(=O)(=O)O)cc4ccc(N=Nc5ccc6c(S(=O)(=O)O)cccc6c5S(=O)(=O)O)c(O)c34)n2)c1. The Morgan fingerprint density at radius 2 is 1.34 bits per heavy atom. The monoisotopic (exact) mass is 863 g/mol. The maximum atomic E-state index is 12.6. The van der Waals surface area contributed by atoms with Gasteiger partial charge >= 0.3 is 0 Å². The second kappa shape index (κ2) is 14.9. The Hall–Kier alpha value is -5.40. The van der Waals surface area contributed by atoms with Crippen molar-refractivity contribution in [1.82, 2.24) is 15.0 Å². The first-order valence-electron chi connectivity index (χ1n) is 15.6. The zero-order valence-corrected chi connectivity index (χ0v) is 32.2. The lowest BCUT2D eigenvalue weighted by atomic mass is 10.1. The summed E-state index contributed by atoms with van der Waals surface area (Å²) in [5.41, 5.74) is -0.792. The Kier molecular flexibility index (Phi) is 10.7. The predicted octanol–water partition coefficient (Wildman–Crippen LogP) is 6.36. The molecule has 5 aromatic carbocycles. The molecule has 0 amide bonds. The molecule has 0 bridgehead atoms. The van der Waals surface area contributed by atoms with Gasteiger partial charge in [-0.15, -0.1) is 10.2 Å². The molecule has 0 saturated heterocycles. The number of halogens is 1. The van der Waals surface area contributed by atoms with Gasteiger partial charge in [0.2, 0.25) is 17.2 Å². The van der Waals surface area contributed by atoms with E-state index < -0.39 is 66.3 Å². The third kappa shape index (κ3) is 8.53. The number of phenolic OH excluding ortho intramolecular Hbond substituents is 1. The van der Waals surface area contributed by atoms with Crippen LogP contribution in [0.5, 0.6) is 5.75 Å². The van der Waals surface area contributed by atoms with Crippen LogP contribution in [0.3, 0.4) is 0 Å². The van der Waals surface area contributed by atoms with E-state index in [4.69, 9.17) is 11.6 Å². The summed E-state index contributed by atoms with van der Waals surface area (Å²) in [7, 11) is -18.4. The molecule has 1 aromatic heterocycles. The van der Waals surface area contributed by atoms with Gasteiger partial charge in [0.15, 0.2) is 15.6 Å². The third-order valence-corrected chi connectivity index (χ3v) is 12.6. The number of fused-ring (bicyclic) bond motifs is 2. The minimum atomic E-state index is -5.11. The van der Waals surface area contributed by atoms with Crippen LogP contribution < -0.4 is 10.6 Å². The molecule has 0 aliphatic carbocycles. The summed E-state index contributed by atoms with van der Waals surface area (Å²) >= 11 is 6.16. The summed E-state index contributed by atoms with van der Waals surface area (Å²) < 4.78 is 128. The van der Waals surface area contributed by atoms with E-state index in [1.54, 1.807) is 13.0 Å². The smallest absolute Gasteiger partial charge is 0.297 e. The highest BCUT2D eigenvalue weighted by atomic mass is 35.5. The lowest BCUT2D eigenvalue weighted by Crippen LogP contribution is -2.07. The number of nitrogens with one attached hydrogen (secondary N) is 2. The van der Waals surface area contributed by atoms with Crippen LogP contribution in [-0.2, 0) is 40.2 Å². The van der Waals surface area contributed by atoms with Gasteiger partial charge in [-0.3, -0.25) is 13.7 Å². The molecule has 6 rings (SSSR count). The fraction of sp³-hybridized carbons (Fsp3) is 0.0938. The molecule has 0 aliphatic rings. The molecule has 6 aromatic rings. The number of phenols is 1. The van der Waals surface area contributed by atoms with Crippen molar-refractivity contribution < 1.29 is 52.4 Å². The van der Waals surface area contributed by atoms with Crippen molar-refractivity contribution in [2.24, 2.45) is 10.2 Å². The quantitative estimate of drug-likeness (QED) is 0.0575. The topological polar surface area (TPSA) is 305 Å². The van der Waals surface area contributed by atoms with Gasteiger partial charge in [-0.25, -0.2) is 8.42 Å². The number of benzene rings is 5. The minimum Gasteiger partial charge on any atom is -0.505 e. The van der Waals surface area contributed by atoms with Crippen LogP contribution in [0.15, 0.2) is 109 Å². The van der Waals surface area contributed by atoms with Crippen LogP contribution in [0, 0.1) is 0 Å². The highest BCUT2D eigenvalue weighted by Gasteiger charge is 2.24. The molecule has 292 valence electrons. The van der Waals surface area contributed by atoms with Crippen LogP contribution in [-0.4, -0.2) is 73.1 Å². The average Bonchev–Trinajstić information content (AvgIpc) is 3.09. The molecule has 1 heterocycles. The molecule has 6 N–H and O–H groups in total. The zero-order chi connectivity index (χ0) is 40.8. The average molecular weight is 864 g/mol. The number of hydrogen-bond donors (Lipinski definition) is 6. The van der Waals surface area contributed by atoms with E-state index in [1.807, 2.05) is 0 Å². The van der Waals surface area contributed by atoms with Gasteiger partial charge in [0.25, 0.3) is 30.4 Å².